The van der Waals surface area contributed by atoms with Crippen molar-refractivity contribution in [2.75, 3.05) is 19.0 Å². The highest BCUT2D eigenvalue weighted by atomic mass is 19.4. The largest absolute Gasteiger partial charge is 0.497 e. The second-order valence-electron chi connectivity index (χ2n) is 4.90. The molecule has 1 heterocycles. The molecule has 0 aromatic heterocycles. The first-order chi connectivity index (χ1) is 10.4. The lowest BCUT2D eigenvalue weighted by Crippen LogP contribution is -2.52. The maximum atomic E-state index is 12.3. The van der Waals surface area contributed by atoms with Crippen molar-refractivity contribution in [1.82, 2.24) is 5.32 Å². The van der Waals surface area contributed by atoms with Gasteiger partial charge in [-0.05, 0) is 43.7 Å². The first kappa shape index (κ1) is 16.4. The molecule has 0 saturated carbocycles. The van der Waals surface area contributed by atoms with Crippen molar-refractivity contribution in [2.24, 2.45) is 0 Å². The number of alkyl halides is 3. The SMILES string of the molecule is COc1ccc(NC2CCCNC2OC(=O)C(F)(F)F)cc1. The number of piperidine rings is 1. The van der Waals surface area contributed by atoms with Gasteiger partial charge < -0.3 is 14.8 Å². The van der Waals surface area contributed by atoms with Crippen LogP contribution in [0, 0.1) is 0 Å². The van der Waals surface area contributed by atoms with Gasteiger partial charge in [0.1, 0.15) is 5.75 Å². The number of halogens is 3. The summed E-state index contributed by atoms with van der Waals surface area (Å²) in [6.07, 6.45) is -4.66. The van der Waals surface area contributed by atoms with Crippen molar-refractivity contribution < 1.29 is 27.4 Å². The predicted molar refractivity (Wildman–Crippen MR) is 73.6 cm³/mol. The molecular formula is C14H17F3N2O3. The van der Waals surface area contributed by atoms with Gasteiger partial charge >= 0.3 is 12.1 Å². The topological polar surface area (TPSA) is 59.6 Å². The number of nitrogens with one attached hydrogen (secondary N) is 2. The van der Waals surface area contributed by atoms with Crippen LogP contribution in [0.4, 0.5) is 18.9 Å². The molecular weight excluding hydrogens is 301 g/mol. The lowest BCUT2D eigenvalue weighted by atomic mass is 10.1. The Balaban J connectivity index is 2.01. The summed E-state index contributed by atoms with van der Waals surface area (Å²) in [5, 5.41) is 5.86. The van der Waals surface area contributed by atoms with E-state index in [-0.39, 0.29) is 0 Å². The normalized spacial score (nSPS) is 22.0. The van der Waals surface area contributed by atoms with Crippen LogP contribution in [0.3, 0.4) is 0 Å². The van der Waals surface area contributed by atoms with Gasteiger partial charge in [0.25, 0.3) is 0 Å². The van der Waals surface area contributed by atoms with Crippen molar-refractivity contribution in [3.63, 3.8) is 0 Å². The summed E-state index contributed by atoms with van der Waals surface area (Å²) in [6, 6.07) is 6.52. The number of carbonyl (C=O) groups excluding carboxylic acids is 1. The molecule has 0 radical (unpaired) electrons. The van der Waals surface area contributed by atoms with Gasteiger partial charge in [-0.2, -0.15) is 13.2 Å². The minimum atomic E-state index is -5.00. The first-order valence-corrected chi connectivity index (χ1v) is 6.82. The molecule has 2 N–H and O–H groups in total. The monoisotopic (exact) mass is 318 g/mol. The van der Waals surface area contributed by atoms with E-state index in [2.05, 4.69) is 15.4 Å². The minimum Gasteiger partial charge on any atom is -0.497 e. The molecule has 1 saturated heterocycles. The van der Waals surface area contributed by atoms with E-state index in [4.69, 9.17) is 4.74 Å². The van der Waals surface area contributed by atoms with Gasteiger partial charge in [-0.15, -0.1) is 0 Å². The van der Waals surface area contributed by atoms with E-state index in [1.165, 1.54) is 0 Å². The Hall–Kier alpha value is -1.96. The van der Waals surface area contributed by atoms with Crippen LogP contribution >= 0.6 is 0 Å². The van der Waals surface area contributed by atoms with E-state index in [9.17, 15) is 18.0 Å². The number of carbonyl (C=O) groups is 1. The van der Waals surface area contributed by atoms with Gasteiger partial charge in [-0.25, -0.2) is 4.79 Å². The average molecular weight is 318 g/mol. The van der Waals surface area contributed by atoms with Gasteiger partial charge in [-0.3, -0.25) is 5.32 Å². The summed E-state index contributed by atoms with van der Waals surface area (Å²) in [6.45, 7) is 0.497. The maximum Gasteiger partial charge on any atom is 0.490 e. The fourth-order valence-electron chi connectivity index (χ4n) is 2.22. The van der Waals surface area contributed by atoms with E-state index < -0.39 is 24.4 Å². The molecule has 0 aliphatic carbocycles. The number of hydrogen-bond acceptors (Lipinski definition) is 5. The van der Waals surface area contributed by atoms with Crippen LogP contribution in [0.1, 0.15) is 12.8 Å². The Bertz CT molecular complexity index is 505. The Labute approximate surface area is 125 Å². The highest BCUT2D eigenvalue weighted by Gasteiger charge is 2.43. The third kappa shape index (κ3) is 4.27. The standard InChI is InChI=1S/C14H17F3N2O3/c1-21-10-6-4-9(5-7-10)19-11-3-2-8-18-12(11)22-13(20)14(15,16)17/h4-7,11-12,18-19H,2-3,8H2,1H3. The zero-order valence-corrected chi connectivity index (χ0v) is 11.9. The van der Waals surface area contributed by atoms with Crippen molar-refractivity contribution in [3.05, 3.63) is 24.3 Å². The number of methoxy groups -OCH3 is 1. The quantitative estimate of drug-likeness (QED) is 0.834. The van der Waals surface area contributed by atoms with Crippen molar-refractivity contribution in [1.29, 1.82) is 0 Å². The van der Waals surface area contributed by atoms with Crippen molar-refractivity contribution >= 4 is 11.7 Å². The van der Waals surface area contributed by atoms with E-state index in [0.29, 0.717) is 24.4 Å². The molecule has 1 aliphatic heterocycles. The van der Waals surface area contributed by atoms with Gasteiger partial charge in [0.15, 0.2) is 6.23 Å². The fraction of sp³-hybridized carbons (Fsp3) is 0.500. The summed E-state index contributed by atoms with van der Waals surface area (Å²) >= 11 is 0. The Morgan fingerprint density at radius 3 is 2.59 bits per heavy atom. The average Bonchev–Trinajstić information content (AvgIpc) is 2.49. The predicted octanol–water partition coefficient (Wildman–Crippen LogP) is 2.29. The van der Waals surface area contributed by atoms with E-state index in [0.717, 1.165) is 6.42 Å². The lowest BCUT2D eigenvalue weighted by molar-refractivity contribution is -0.207. The van der Waals surface area contributed by atoms with Gasteiger partial charge in [0.2, 0.25) is 0 Å². The van der Waals surface area contributed by atoms with Crippen molar-refractivity contribution in [3.8, 4) is 5.75 Å². The van der Waals surface area contributed by atoms with Crippen LogP contribution in [-0.2, 0) is 9.53 Å². The second kappa shape index (κ2) is 6.87. The van der Waals surface area contributed by atoms with Crippen LogP contribution in [0.15, 0.2) is 24.3 Å². The smallest absolute Gasteiger partial charge is 0.490 e. The van der Waals surface area contributed by atoms with Crippen molar-refractivity contribution in [2.45, 2.75) is 31.3 Å². The summed E-state index contributed by atoms with van der Waals surface area (Å²) in [7, 11) is 1.54. The number of hydrogen-bond donors (Lipinski definition) is 2. The Kier molecular flexibility index (Phi) is 5.12. The Morgan fingerprint density at radius 1 is 1.32 bits per heavy atom. The number of benzene rings is 1. The molecule has 2 rings (SSSR count). The molecule has 0 amide bonds. The molecule has 5 nitrogen and oxygen atoms in total. The van der Waals surface area contributed by atoms with Crippen LogP contribution in [0.5, 0.6) is 5.75 Å². The molecule has 22 heavy (non-hydrogen) atoms. The molecule has 2 atom stereocenters. The Morgan fingerprint density at radius 2 is 2.00 bits per heavy atom. The zero-order valence-electron chi connectivity index (χ0n) is 11.9. The molecule has 1 aromatic rings. The first-order valence-electron chi connectivity index (χ1n) is 6.82. The summed E-state index contributed by atoms with van der Waals surface area (Å²) in [5.41, 5.74) is 0.711. The highest BCUT2D eigenvalue weighted by molar-refractivity contribution is 5.75. The zero-order chi connectivity index (χ0) is 16.2. The number of ether oxygens (including phenoxy) is 2. The van der Waals surface area contributed by atoms with Crippen LogP contribution < -0.4 is 15.4 Å². The fourth-order valence-corrected chi connectivity index (χ4v) is 2.22. The van der Waals surface area contributed by atoms with E-state index in [1.807, 2.05) is 0 Å². The van der Waals surface area contributed by atoms with Crippen LogP contribution in [-0.4, -0.2) is 38.1 Å². The van der Waals surface area contributed by atoms with Gasteiger partial charge in [0, 0.05) is 5.69 Å². The highest BCUT2D eigenvalue weighted by Crippen LogP contribution is 2.22. The number of esters is 1. The number of rotatable bonds is 4. The summed E-state index contributed by atoms with van der Waals surface area (Å²) in [4.78, 5) is 11.0. The summed E-state index contributed by atoms with van der Waals surface area (Å²) in [5.74, 6) is -1.51. The lowest BCUT2D eigenvalue weighted by Gasteiger charge is -2.33. The van der Waals surface area contributed by atoms with Gasteiger partial charge in [-0.1, -0.05) is 0 Å². The maximum absolute atomic E-state index is 12.3. The molecule has 1 fully saturated rings. The van der Waals surface area contributed by atoms with E-state index in [1.54, 1.807) is 31.4 Å². The second-order valence-corrected chi connectivity index (χ2v) is 4.90. The summed E-state index contributed by atoms with van der Waals surface area (Å²) < 4.78 is 46.5. The molecule has 8 heteroatoms. The molecule has 2 unspecified atom stereocenters. The van der Waals surface area contributed by atoms with Gasteiger partial charge in [0.05, 0.1) is 13.2 Å². The molecule has 122 valence electrons. The number of anilines is 1. The third-order valence-corrected chi connectivity index (χ3v) is 3.31. The van der Waals surface area contributed by atoms with Crippen LogP contribution in [0.25, 0.3) is 0 Å². The molecule has 0 spiro atoms. The molecule has 0 bridgehead atoms. The van der Waals surface area contributed by atoms with Crippen LogP contribution in [0.2, 0.25) is 0 Å². The minimum absolute atomic E-state index is 0.437. The molecule has 1 aliphatic rings. The van der Waals surface area contributed by atoms with E-state index >= 15 is 0 Å². The third-order valence-electron chi connectivity index (χ3n) is 3.31. The molecule has 1 aromatic carbocycles.